The summed E-state index contributed by atoms with van der Waals surface area (Å²) in [6, 6.07) is 15.3. The van der Waals surface area contributed by atoms with Crippen LogP contribution in [0.25, 0.3) is 0 Å². The maximum Gasteiger partial charge on any atom is 0.322 e. The molecule has 2 aromatic carbocycles. The van der Waals surface area contributed by atoms with Gasteiger partial charge in [0.25, 0.3) is 0 Å². The van der Waals surface area contributed by atoms with Gasteiger partial charge in [-0.3, -0.25) is 0 Å². The zero-order valence-corrected chi connectivity index (χ0v) is 14.5. The van der Waals surface area contributed by atoms with Crippen LogP contribution in [-0.4, -0.2) is 39.0 Å². The molecular formula is C19H18FN5O2. The lowest BCUT2D eigenvalue weighted by Crippen LogP contribution is -2.52. The molecule has 1 aliphatic rings. The van der Waals surface area contributed by atoms with Crippen LogP contribution >= 0.6 is 0 Å². The topological polar surface area (TPSA) is 72.3 Å². The Morgan fingerprint density at radius 2 is 1.89 bits per heavy atom. The summed E-state index contributed by atoms with van der Waals surface area (Å²) >= 11 is 0. The molecule has 2 heterocycles. The minimum atomic E-state index is -0.456. The van der Waals surface area contributed by atoms with E-state index >= 15 is 0 Å². The van der Waals surface area contributed by atoms with Crippen LogP contribution in [0.15, 0.2) is 60.8 Å². The lowest BCUT2D eigenvalue weighted by Gasteiger charge is -2.38. The summed E-state index contributed by atoms with van der Waals surface area (Å²) in [6.07, 6.45) is 1.82. The Bertz CT molecular complexity index is 925. The highest BCUT2D eigenvalue weighted by atomic mass is 19.1. The predicted molar refractivity (Wildman–Crippen MR) is 96.8 cm³/mol. The van der Waals surface area contributed by atoms with Gasteiger partial charge < -0.3 is 15.0 Å². The van der Waals surface area contributed by atoms with Crippen molar-refractivity contribution in [3.8, 4) is 5.75 Å². The molecule has 0 aliphatic carbocycles. The number of halogens is 1. The third-order valence-corrected chi connectivity index (χ3v) is 4.33. The summed E-state index contributed by atoms with van der Waals surface area (Å²) < 4.78 is 21.0. The van der Waals surface area contributed by atoms with Gasteiger partial charge in [-0.1, -0.05) is 35.5 Å². The van der Waals surface area contributed by atoms with Crippen molar-refractivity contribution in [1.82, 2.24) is 19.9 Å². The molecule has 8 heteroatoms. The van der Waals surface area contributed by atoms with E-state index in [4.69, 9.17) is 4.74 Å². The molecule has 7 nitrogen and oxygen atoms in total. The van der Waals surface area contributed by atoms with Crippen LogP contribution in [0.1, 0.15) is 11.7 Å². The fourth-order valence-corrected chi connectivity index (χ4v) is 2.78. The van der Waals surface area contributed by atoms with Crippen molar-refractivity contribution in [3.05, 3.63) is 72.3 Å². The number of nitrogens with one attached hydrogen (secondary N) is 1. The van der Waals surface area contributed by atoms with E-state index in [1.165, 1.54) is 12.1 Å². The van der Waals surface area contributed by atoms with E-state index in [9.17, 15) is 9.18 Å². The molecule has 27 heavy (non-hydrogen) atoms. The number of carbonyl (C=O) groups is 1. The van der Waals surface area contributed by atoms with Crippen molar-refractivity contribution in [3.63, 3.8) is 0 Å². The average molecular weight is 367 g/mol. The highest BCUT2D eigenvalue weighted by molar-refractivity contribution is 5.90. The second-order valence-corrected chi connectivity index (χ2v) is 6.26. The molecule has 2 amide bonds. The highest BCUT2D eigenvalue weighted by Crippen LogP contribution is 2.22. The van der Waals surface area contributed by atoms with Crippen LogP contribution < -0.4 is 10.1 Å². The molecule has 0 unspecified atom stereocenters. The van der Waals surface area contributed by atoms with E-state index in [2.05, 4.69) is 15.6 Å². The van der Waals surface area contributed by atoms with Crippen molar-refractivity contribution in [2.24, 2.45) is 0 Å². The minimum absolute atomic E-state index is 0.0503. The Morgan fingerprint density at radius 1 is 1.15 bits per heavy atom. The Morgan fingerprint density at radius 3 is 2.67 bits per heavy atom. The van der Waals surface area contributed by atoms with Gasteiger partial charge in [-0.05, 0) is 24.3 Å². The molecule has 1 N–H and O–H groups in total. The lowest BCUT2D eigenvalue weighted by atomic mass is 10.1. The van der Waals surface area contributed by atoms with Gasteiger partial charge in [0.15, 0.2) is 0 Å². The number of urea groups is 1. The van der Waals surface area contributed by atoms with E-state index in [1.54, 1.807) is 21.7 Å². The van der Waals surface area contributed by atoms with Crippen molar-refractivity contribution in [2.75, 3.05) is 18.4 Å². The molecule has 4 rings (SSSR count). The Kier molecular flexibility index (Phi) is 4.69. The quantitative estimate of drug-likeness (QED) is 0.752. The molecule has 0 bridgehead atoms. The number of hydrogen-bond donors (Lipinski definition) is 1. The first-order valence-corrected chi connectivity index (χ1v) is 8.58. The van der Waals surface area contributed by atoms with Crippen LogP contribution in [0.3, 0.4) is 0 Å². The average Bonchev–Trinajstić information content (AvgIpc) is 3.10. The Balaban J connectivity index is 1.28. The Hall–Kier alpha value is -3.42. The fraction of sp³-hybridized carbons (Fsp3) is 0.211. The normalized spacial score (nSPS) is 13.9. The summed E-state index contributed by atoms with van der Waals surface area (Å²) in [5, 5.41) is 10.8. The molecule has 138 valence electrons. The van der Waals surface area contributed by atoms with Gasteiger partial charge in [0.2, 0.25) is 0 Å². The third-order valence-electron chi connectivity index (χ3n) is 4.33. The van der Waals surface area contributed by atoms with Crippen molar-refractivity contribution in [1.29, 1.82) is 0 Å². The molecule has 3 aromatic rings. The van der Waals surface area contributed by atoms with Crippen LogP contribution in [0.4, 0.5) is 14.9 Å². The molecular weight excluding hydrogens is 349 g/mol. The summed E-state index contributed by atoms with van der Waals surface area (Å²) in [4.78, 5) is 13.8. The van der Waals surface area contributed by atoms with Crippen LogP contribution in [0.2, 0.25) is 0 Å². The second kappa shape index (κ2) is 7.45. The number of amides is 2. The summed E-state index contributed by atoms with van der Waals surface area (Å²) in [6.45, 7) is 1.31. The maximum atomic E-state index is 13.6. The summed E-state index contributed by atoms with van der Waals surface area (Å²) in [5.41, 5.74) is 0.889. The SMILES string of the molecule is O=C(Nc1ccccc1F)N1CC(n2cc(COc3ccccc3)nn2)C1. The fourth-order valence-electron chi connectivity index (χ4n) is 2.78. The van der Waals surface area contributed by atoms with E-state index in [0.29, 0.717) is 25.4 Å². The molecule has 1 aromatic heterocycles. The number of anilines is 1. The molecule has 0 saturated carbocycles. The van der Waals surface area contributed by atoms with E-state index < -0.39 is 5.82 Å². The smallest absolute Gasteiger partial charge is 0.322 e. The second-order valence-electron chi connectivity index (χ2n) is 6.26. The number of aromatic nitrogens is 3. The van der Waals surface area contributed by atoms with Crippen LogP contribution in [-0.2, 0) is 6.61 Å². The molecule has 0 atom stereocenters. The van der Waals surface area contributed by atoms with E-state index in [-0.39, 0.29) is 17.8 Å². The highest BCUT2D eigenvalue weighted by Gasteiger charge is 2.33. The number of likely N-dealkylation sites (tertiary alicyclic amines) is 1. The first-order chi connectivity index (χ1) is 13.2. The van der Waals surface area contributed by atoms with Gasteiger partial charge in [0.05, 0.1) is 17.9 Å². The number of hydrogen-bond acceptors (Lipinski definition) is 4. The predicted octanol–water partition coefficient (Wildman–Crippen LogP) is 3.09. The maximum absolute atomic E-state index is 13.6. The van der Waals surface area contributed by atoms with E-state index in [1.807, 2.05) is 36.5 Å². The van der Waals surface area contributed by atoms with Gasteiger partial charge in [-0.2, -0.15) is 0 Å². The van der Waals surface area contributed by atoms with Crippen molar-refractivity contribution < 1.29 is 13.9 Å². The van der Waals surface area contributed by atoms with Crippen molar-refractivity contribution in [2.45, 2.75) is 12.6 Å². The number of para-hydroxylation sites is 2. The lowest BCUT2D eigenvalue weighted by molar-refractivity contribution is 0.127. The number of nitrogens with zero attached hydrogens (tertiary/aromatic N) is 4. The third kappa shape index (κ3) is 3.89. The number of ether oxygens (including phenoxy) is 1. The number of carbonyl (C=O) groups excluding carboxylic acids is 1. The molecule has 0 spiro atoms. The van der Waals surface area contributed by atoms with E-state index in [0.717, 1.165) is 5.75 Å². The van der Waals surface area contributed by atoms with Gasteiger partial charge in [0, 0.05) is 13.1 Å². The Labute approximate surface area is 155 Å². The molecule has 1 fully saturated rings. The first-order valence-electron chi connectivity index (χ1n) is 8.58. The van der Waals surface area contributed by atoms with Gasteiger partial charge in [-0.15, -0.1) is 5.10 Å². The summed E-state index contributed by atoms with van der Waals surface area (Å²) in [5.74, 6) is 0.314. The monoisotopic (exact) mass is 367 g/mol. The first kappa shape index (κ1) is 17.0. The largest absolute Gasteiger partial charge is 0.487 e. The zero-order chi connectivity index (χ0) is 18.6. The van der Waals surface area contributed by atoms with Gasteiger partial charge >= 0.3 is 6.03 Å². The van der Waals surface area contributed by atoms with Crippen LogP contribution in [0, 0.1) is 5.82 Å². The summed E-state index contributed by atoms with van der Waals surface area (Å²) in [7, 11) is 0. The number of rotatable bonds is 5. The number of benzene rings is 2. The van der Waals surface area contributed by atoms with Crippen molar-refractivity contribution >= 4 is 11.7 Å². The molecule has 0 radical (unpaired) electrons. The standard InChI is InChI=1S/C19H18FN5O2/c20-17-8-4-5-9-18(17)21-19(26)24-11-15(12-24)25-10-14(22-23-25)13-27-16-6-2-1-3-7-16/h1-10,15H,11-13H2,(H,21,26). The van der Waals surface area contributed by atoms with Crippen LogP contribution in [0.5, 0.6) is 5.75 Å². The molecule has 1 saturated heterocycles. The minimum Gasteiger partial charge on any atom is -0.487 e. The van der Waals surface area contributed by atoms with Gasteiger partial charge in [-0.25, -0.2) is 13.9 Å². The zero-order valence-electron chi connectivity index (χ0n) is 14.5. The van der Waals surface area contributed by atoms with Gasteiger partial charge in [0.1, 0.15) is 23.9 Å². The molecule has 1 aliphatic heterocycles.